The van der Waals surface area contributed by atoms with Crippen molar-refractivity contribution >= 4 is 19.1 Å². The van der Waals surface area contributed by atoms with Crippen LogP contribution in [-0.4, -0.2) is 22.5 Å². The summed E-state index contributed by atoms with van der Waals surface area (Å²) >= 11 is 0. The molecule has 0 radical (unpaired) electrons. The zero-order chi connectivity index (χ0) is 9.94. The van der Waals surface area contributed by atoms with Gasteiger partial charge in [-0.2, -0.15) is 0 Å². The van der Waals surface area contributed by atoms with Crippen molar-refractivity contribution in [2.75, 3.05) is 0 Å². The third-order valence-electron chi connectivity index (χ3n) is 0.969. The molecule has 1 N–H and O–H groups in total. The van der Waals surface area contributed by atoms with Crippen LogP contribution in [-0.2, 0) is 18.9 Å². The molecule has 0 spiro atoms. The maximum atomic E-state index is 10.6. The Kier molecular flexibility index (Phi) is 7.15. The second-order valence-electron chi connectivity index (χ2n) is 2.11. The van der Waals surface area contributed by atoms with Crippen LogP contribution in [0.2, 0.25) is 0 Å². The molecule has 0 aliphatic rings. The molecule has 0 aliphatic heterocycles. The normalized spacial score (nSPS) is 16.3. The Morgan fingerprint density at radius 3 is 2.15 bits per heavy atom. The Balaban J connectivity index is 0. The molecule has 1 unspecified atom stereocenters. The van der Waals surface area contributed by atoms with Crippen molar-refractivity contribution in [1.29, 1.82) is 0 Å². The van der Waals surface area contributed by atoms with Crippen LogP contribution in [0.3, 0.4) is 0 Å². The van der Waals surface area contributed by atoms with E-state index in [-0.39, 0.29) is 29.6 Å². The topological polar surface area (TPSA) is 104 Å². The van der Waals surface area contributed by atoms with E-state index in [0.717, 1.165) is 13.8 Å². The third kappa shape index (κ3) is 6.37. The van der Waals surface area contributed by atoms with E-state index in [1.165, 1.54) is 0 Å². The van der Waals surface area contributed by atoms with Crippen LogP contribution < -0.4 is 34.5 Å². The van der Waals surface area contributed by atoms with Crippen molar-refractivity contribution in [3.05, 3.63) is 0 Å². The number of carbonyl (C=O) groups excluding carboxylic acids is 2. The van der Waals surface area contributed by atoms with Gasteiger partial charge in [-0.1, -0.05) is 0 Å². The van der Waals surface area contributed by atoms with Gasteiger partial charge in [-0.15, -0.1) is 0 Å². The minimum absolute atomic E-state index is 0. The number of rotatable bonds is 3. The molecule has 8 heteroatoms. The third-order valence-corrected chi connectivity index (χ3v) is 1.89. The van der Waals surface area contributed by atoms with Crippen molar-refractivity contribution < 1.29 is 58.2 Å². The van der Waals surface area contributed by atoms with E-state index in [9.17, 15) is 19.0 Å². The standard InChI is InChI=1S/C5H9O6P.Na/c1-3(11-4(2)6)5(7)12(8,9)10;/h3H,1-2H3,(H2,8,9,10);/q;+1/p-1/t3-;/m0./s1. The molecule has 0 saturated carbocycles. The second kappa shape index (κ2) is 5.90. The minimum Gasteiger partial charge on any atom is -0.773 e. The average molecular weight is 218 g/mol. The Morgan fingerprint density at radius 2 is 1.92 bits per heavy atom. The first-order valence-electron chi connectivity index (χ1n) is 3.00. The second-order valence-corrected chi connectivity index (χ2v) is 3.59. The number of hydrogen-bond acceptors (Lipinski definition) is 5. The number of esters is 1. The van der Waals surface area contributed by atoms with Crippen molar-refractivity contribution in [3.8, 4) is 0 Å². The number of carbonyl (C=O) groups is 2. The van der Waals surface area contributed by atoms with Crippen molar-refractivity contribution in [2.45, 2.75) is 20.0 Å². The van der Waals surface area contributed by atoms with E-state index in [1.807, 2.05) is 0 Å². The van der Waals surface area contributed by atoms with E-state index >= 15 is 0 Å². The fourth-order valence-electron chi connectivity index (χ4n) is 0.529. The molecule has 13 heavy (non-hydrogen) atoms. The molecular weight excluding hydrogens is 210 g/mol. The predicted molar refractivity (Wildman–Crippen MR) is 36.1 cm³/mol. The summed E-state index contributed by atoms with van der Waals surface area (Å²) in [6.07, 6.45) is -1.46. The summed E-state index contributed by atoms with van der Waals surface area (Å²) in [6, 6.07) is 0. The Labute approximate surface area is 97.1 Å². The molecule has 0 heterocycles. The van der Waals surface area contributed by atoms with E-state index < -0.39 is 25.2 Å². The van der Waals surface area contributed by atoms with Gasteiger partial charge >= 0.3 is 35.5 Å². The van der Waals surface area contributed by atoms with Gasteiger partial charge in [0.1, 0.15) is 0 Å². The van der Waals surface area contributed by atoms with E-state index in [4.69, 9.17) is 4.89 Å². The molecule has 0 aromatic rings. The van der Waals surface area contributed by atoms with Gasteiger partial charge < -0.3 is 19.1 Å². The maximum absolute atomic E-state index is 10.6. The molecule has 0 saturated heterocycles. The Bertz CT molecular complexity index is 245. The van der Waals surface area contributed by atoms with Crippen LogP contribution in [0.15, 0.2) is 0 Å². The van der Waals surface area contributed by atoms with Crippen LogP contribution in [0.25, 0.3) is 0 Å². The average Bonchev–Trinajstić information content (AvgIpc) is 1.82. The van der Waals surface area contributed by atoms with E-state index in [1.54, 1.807) is 0 Å². The first-order valence-corrected chi connectivity index (χ1v) is 4.58. The molecule has 0 aromatic carbocycles. The van der Waals surface area contributed by atoms with Crippen LogP contribution in [0.4, 0.5) is 0 Å². The van der Waals surface area contributed by atoms with Gasteiger partial charge in [0.25, 0.3) is 0 Å². The summed E-state index contributed by atoms with van der Waals surface area (Å²) in [6.45, 7) is 2.08. The summed E-state index contributed by atoms with van der Waals surface area (Å²) in [4.78, 5) is 39.3. The van der Waals surface area contributed by atoms with E-state index in [0.29, 0.717) is 0 Å². The molecule has 70 valence electrons. The number of hydrogen-bond donors (Lipinski definition) is 1. The fraction of sp³-hybridized carbons (Fsp3) is 0.600. The quantitative estimate of drug-likeness (QED) is 0.294. The van der Waals surface area contributed by atoms with E-state index in [2.05, 4.69) is 4.74 Å². The molecule has 0 amide bonds. The first-order chi connectivity index (χ1) is 5.25. The molecule has 2 atom stereocenters. The molecular formula is C5H8NaO6P. The maximum Gasteiger partial charge on any atom is 1.00 e. The molecule has 0 rings (SSSR count). The van der Waals surface area contributed by atoms with Gasteiger partial charge in [-0.05, 0) is 6.92 Å². The molecule has 0 aliphatic carbocycles. The monoisotopic (exact) mass is 218 g/mol. The Hall–Kier alpha value is 0.290. The van der Waals surface area contributed by atoms with Crippen LogP contribution >= 0.6 is 7.60 Å². The van der Waals surface area contributed by atoms with Gasteiger partial charge in [-0.3, -0.25) is 9.59 Å². The minimum atomic E-state index is -5.04. The van der Waals surface area contributed by atoms with Crippen molar-refractivity contribution in [3.63, 3.8) is 0 Å². The van der Waals surface area contributed by atoms with Crippen LogP contribution in [0, 0.1) is 0 Å². The molecule has 0 bridgehead atoms. The molecule has 0 aromatic heterocycles. The van der Waals surface area contributed by atoms with Gasteiger partial charge in [0.05, 0.1) is 0 Å². The van der Waals surface area contributed by atoms with Gasteiger partial charge in [0, 0.05) is 6.92 Å². The summed E-state index contributed by atoms with van der Waals surface area (Å²) in [5.41, 5.74) is -1.50. The predicted octanol–water partition coefficient (Wildman–Crippen LogP) is -3.99. The summed E-state index contributed by atoms with van der Waals surface area (Å²) in [7, 11) is -5.04. The summed E-state index contributed by atoms with van der Waals surface area (Å²) < 4.78 is 14.4. The summed E-state index contributed by atoms with van der Waals surface area (Å²) in [5.74, 6) is -0.788. The number of ether oxygens (including phenoxy) is 1. The van der Waals surface area contributed by atoms with Crippen LogP contribution in [0.5, 0.6) is 0 Å². The SMILES string of the molecule is CC(=O)O[C@@H](C)C(=O)P(=O)([O-])O.[Na+]. The van der Waals surface area contributed by atoms with Gasteiger partial charge in [0.2, 0.25) is 13.1 Å². The van der Waals surface area contributed by atoms with Gasteiger partial charge in [0.15, 0.2) is 6.10 Å². The van der Waals surface area contributed by atoms with Crippen molar-refractivity contribution in [2.24, 2.45) is 0 Å². The fourth-order valence-corrected chi connectivity index (χ4v) is 1.04. The first kappa shape index (κ1) is 15.7. The zero-order valence-electron chi connectivity index (χ0n) is 7.51. The zero-order valence-corrected chi connectivity index (χ0v) is 10.4. The van der Waals surface area contributed by atoms with Gasteiger partial charge in [-0.25, -0.2) is 0 Å². The molecule has 6 nitrogen and oxygen atoms in total. The Morgan fingerprint density at radius 1 is 1.54 bits per heavy atom. The van der Waals surface area contributed by atoms with Crippen molar-refractivity contribution in [1.82, 2.24) is 0 Å². The largest absolute Gasteiger partial charge is 1.00 e. The smallest absolute Gasteiger partial charge is 0.773 e. The molecule has 0 fully saturated rings. The van der Waals surface area contributed by atoms with Crippen LogP contribution in [0.1, 0.15) is 13.8 Å². The summed E-state index contributed by atoms with van der Waals surface area (Å²) in [5, 5.41) is 0.